The zero-order valence-corrected chi connectivity index (χ0v) is 12.7. The molecule has 0 bridgehead atoms. The van der Waals surface area contributed by atoms with E-state index in [1.165, 1.54) is 18.2 Å². The first-order valence-electron chi connectivity index (χ1n) is 6.90. The van der Waals surface area contributed by atoms with Crippen molar-refractivity contribution < 1.29 is 19.7 Å². The molecular weight excluding hydrogens is 332 g/mol. The van der Waals surface area contributed by atoms with Crippen molar-refractivity contribution in [1.29, 1.82) is 0 Å². The largest absolute Gasteiger partial charge is 0.507 e. The number of carbonyl (C=O) groups is 1. The van der Waals surface area contributed by atoms with Crippen molar-refractivity contribution in [3.05, 3.63) is 73.8 Å². The van der Waals surface area contributed by atoms with Crippen LogP contribution < -0.4 is 5.43 Å². The Labute approximate surface area is 140 Å². The Balaban J connectivity index is 2.06. The lowest BCUT2D eigenvalue weighted by atomic mass is 10.1. The number of rotatable bonds is 6. The number of aromatic hydroxyl groups is 1. The van der Waals surface area contributed by atoms with Crippen LogP contribution in [0, 0.1) is 20.2 Å². The van der Waals surface area contributed by atoms with Gasteiger partial charge in [0.05, 0.1) is 22.5 Å². The average Bonchev–Trinajstić information content (AvgIpc) is 2.56. The number of nitrogens with one attached hydrogen (secondary N) is 1. The van der Waals surface area contributed by atoms with Gasteiger partial charge in [0, 0.05) is 29.3 Å². The number of carbonyl (C=O) groups excluding carboxylic acids is 1. The molecule has 0 aromatic heterocycles. The van der Waals surface area contributed by atoms with Crippen molar-refractivity contribution in [2.24, 2.45) is 5.10 Å². The fourth-order valence-corrected chi connectivity index (χ4v) is 1.98. The predicted molar refractivity (Wildman–Crippen MR) is 87.3 cm³/mol. The molecule has 0 saturated heterocycles. The van der Waals surface area contributed by atoms with Crippen molar-refractivity contribution in [1.82, 2.24) is 5.43 Å². The molecule has 0 heterocycles. The summed E-state index contributed by atoms with van der Waals surface area (Å²) in [4.78, 5) is 32.2. The number of para-hydroxylation sites is 1. The second-order valence-corrected chi connectivity index (χ2v) is 4.86. The first kappa shape index (κ1) is 17.5. The molecule has 2 aromatic carbocycles. The van der Waals surface area contributed by atoms with Crippen LogP contribution in [0.15, 0.2) is 47.6 Å². The molecule has 0 aliphatic heterocycles. The molecule has 2 rings (SSSR count). The highest BCUT2D eigenvalue weighted by Gasteiger charge is 2.15. The van der Waals surface area contributed by atoms with E-state index in [0.29, 0.717) is 0 Å². The van der Waals surface area contributed by atoms with Gasteiger partial charge in [-0.25, -0.2) is 5.43 Å². The van der Waals surface area contributed by atoms with E-state index >= 15 is 0 Å². The van der Waals surface area contributed by atoms with Gasteiger partial charge in [0.2, 0.25) is 5.91 Å². The number of hydrogen-bond acceptors (Lipinski definition) is 7. The van der Waals surface area contributed by atoms with Crippen molar-refractivity contribution in [2.75, 3.05) is 0 Å². The third-order valence-electron chi connectivity index (χ3n) is 3.15. The summed E-state index contributed by atoms with van der Waals surface area (Å²) in [7, 11) is 0. The van der Waals surface area contributed by atoms with E-state index < -0.39 is 15.8 Å². The highest BCUT2D eigenvalue weighted by atomic mass is 16.6. The first-order valence-corrected chi connectivity index (χ1v) is 6.90. The SMILES string of the molecule is O=C(Cc1ccccc1[N+](=O)[O-])NN=Cc1cc([N+](=O)[O-])ccc1O. The Morgan fingerprint density at radius 1 is 1.16 bits per heavy atom. The fraction of sp³-hybridized carbons (Fsp3) is 0.0667. The van der Waals surface area contributed by atoms with Gasteiger partial charge in [-0.2, -0.15) is 5.10 Å². The summed E-state index contributed by atoms with van der Waals surface area (Å²) in [5, 5.41) is 34.8. The number of nitro benzene ring substituents is 2. The highest BCUT2D eigenvalue weighted by molar-refractivity contribution is 5.86. The molecule has 2 N–H and O–H groups in total. The van der Waals surface area contributed by atoms with Gasteiger partial charge in [-0.3, -0.25) is 25.0 Å². The number of nitro groups is 2. The molecule has 0 aliphatic rings. The van der Waals surface area contributed by atoms with Crippen molar-refractivity contribution in [2.45, 2.75) is 6.42 Å². The zero-order valence-electron chi connectivity index (χ0n) is 12.7. The summed E-state index contributed by atoms with van der Waals surface area (Å²) in [6, 6.07) is 9.14. The van der Waals surface area contributed by atoms with Gasteiger partial charge < -0.3 is 5.11 Å². The maximum Gasteiger partial charge on any atom is 0.273 e. The third-order valence-corrected chi connectivity index (χ3v) is 3.15. The van der Waals surface area contributed by atoms with Gasteiger partial charge in [-0.1, -0.05) is 18.2 Å². The van der Waals surface area contributed by atoms with Gasteiger partial charge in [0.15, 0.2) is 0 Å². The second-order valence-electron chi connectivity index (χ2n) is 4.86. The van der Waals surface area contributed by atoms with E-state index in [1.54, 1.807) is 6.07 Å². The maximum atomic E-state index is 11.8. The van der Waals surface area contributed by atoms with Crippen LogP contribution in [0.3, 0.4) is 0 Å². The number of benzene rings is 2. The molecule has 25 heavy (non-hydrogen) atoms. The number of amides is 1. The molecule has 2 aromatic rings. The molecular formula is C15H12N4O6. The summed E-state index contributed by atoms with van der Waals surface area (Å²) < 4.78 is 0. The number of hydrazone groups is 1. The van der Waals surface area contributed by atoms with Crippen LogP contribution in [-0.2, 0) is 11.2 Å². The lowest BCUT2D eigenvalue weighted by molar-refractivity contribution is -0.385. The summed E-state index contributed by atoms with van der Waals surface area (Å²) in [5.41, 5.74) is 1.98. The molecule has 1 amide bonds. The van der Waals surface area contributed by atoms with Gasteiger partial charge in [0.1, 0.15) is 5.75 Å². The van der Waals surface area contributed by atoms with E-state index in [1.807, 2.05) is 0 Å². The Bertz CT molecular complexity index is 865. The molecule has 0 atom stereocenters. The number of phenols is 1. The van der Waals surface area contributed by atoms with Crippen LogP contribution in [0.4, 0.5) is 11.4 Å². The van der Waals surface area contributed by atoms with Gasteiger partial charge in [0.25, 0.3) is 11.4 Å². The minimum atomic E-state index is -0.635. The highest BCUT2D eigenvalue weighted by Crippen LogP contribution is 2.21. The number of hydrogen-bond donors (Lipinski definition) is 2. The van der Waals surface area contributed by atoms with Gasteiger partial charge >= 0.3 is 0 Å². The van der Waals surface area contributed by atoms with Crippen molar-refractivity contribution in [3.63, 3.8) is 0 Å². The first-order chi connectivity index (χ1) is 11.9. The van der Waals surface area contributed by atoms with E-state index in [-0.39, 0.29) is 34.7 Å². The minimum absolute atomic E-state index is 0.0418. The molecule has 0 radical (unpaired) electrons. The van der Waals surface area contributed by atoms with Crippen LogP contribution in [0.2, 0.25) is 0 Å². The Morgan fingerprint density at radius 3 is 2.56 bits per heavy atom. The Kier molecular flexibility index (Phi) is 5.36. The monoisotopic (exact) mass is 344 g/mol. The van der Waals surface area contributed by atoms with Crippen LogP contribution in [0.1, 0.15) is 11.1 Å². The molecule has 0 unspecified atom stereocenters. The van der Waals surface area contributed by atoms with Crippen LogP contribution in [0.5, 0.6) is 5.75 Å². The summed E-state index contributed by atoms with van der Waals surface area (Å²) >= 11 is 0. The quantitative estimate of drug-likeness (QED) is 0.464. The lowest BCUT2D eigenvalue weighted by Gasteiger charge is -2.02. The molecule has 0 spiro atoms. The minimum Gasteiger partial charge on any atom is -0.507 e. The Hall–Kier alpha value is -3.82. The lowest BCUT2D eigenvalue weighted by Crippen LogP contribution is -2.20. The van der Waals surface area contributed by atoms with E-state index in [9.17, 15) is 30.1 Å². The number of phenolic OH excluding ortho intramolecular Hbond substituents is 1. The predicted octanol–water partition coefficient (Wildman–Crippen LogP) is 1.90. The van der Waals surface area contributed by atoms with Crippen LogP contribution >= 0.6 is 0 Å². The molecule has 10 nitrogen and oxygen atoms in total. The molecule has 128 valence electrons. The summed E-state index contributed by atoms with van der Waals surface area (Å²) in [6.45, 7) is 0. The zero-order chi connectivity index (χ0) is 18.4. The Morgan fingerprint density at radius 2 is 1.88 bits per heavy atom. The average molecular weight is 344 g/mol. The standard InChI is InChI=1S/C15H12N4O6/c20-14-6-5-12(18(22)23)7-11(14)9-16-17-15(21)8-10-3-1-2-4-13(10)19(24)25/h1-7,9,20H,8H2,(H,17,21). The summed E-state index contributed by atoms with van der Waals surface area (Å²) in [5.74, 6) is -0.863. The van der Waals surface area contributed by atoms with E-state index in [4.69, 9.17) is 0 Å². The topological polar surface area (TPSA) is 148 Å². The smallest absolute Gasteiger partial charge is 0.273 e. The van der Waals surface area contributed by atoms with Crippen LogP contribution in [-0.4, -0.2) is 27.1 Å². The van der Waals surface area contributed by atoms with Crippen LogP contribution in [0.25, 0.3) is 0 Å². The fourth-order valence-electron chi connectivity index (χ4n) is 1.98. The molecule has 0 aliphatic carbocycles. The van der Waals surface area contributed by atoms with E-state index in [2.05, 4.69) is 10.5 Å². The van der Waals surface area contributed by atoms with Crippen molar-refractivity contribution in [3.8, 4) is 5.75 Å². The molecule has 0 fully saturated rings. The van der Waals surface area contributed by atoms with E-state index in [0.717, 1.165) is 24.4 Å². The van der Waals surface area contributed by atoms with Crippen molar-refractivity contribution >= 4 is 23.5 Å². The maximum absolute atomic E-state index is 11.8. The summed E-state index contributed by atoms with van der Waals surface area (Å²) in [6.07, 6.45) is 0.773. The second kappa shape index (κ2) is 7.64. The third kappa shape index (κ3) is 4.58. The van der Waals surface area contributed by atoms with Gasteiger partial charge in [-0.15, -0.1) is 0 Å². The number of nitrogens with zero attached hydrogens (tertiary/aromatic N) is 3. The molecule has 0 saturated carbocycles. The van der Waals surface area contributed by atoms with Gasteiger partial charge in [-0.05, 0) is 6.07 Å². The molecule has 10 heteroatoms. The normalized spacial score (nSPS) is 10.6. The number of non-ortho nitro benzene ring substituents is 1.